The average molecular weight is 487 g/mol. The number of ether oxygens (including phenoxy) is 4. The fourth-order valence-electron chi connectivity index (χ4n) is 2.22. The van der Waals surface area contributed by atoms with Gasteiger partial charge in [-0.3, -0.25) is 0 Å². The number of rotatable bonds is 0. The van der Waals surface area contributed by atoms with E-state index in [0.717, 1.165) is 46.2 Å². The number of hydrogen-bond acceptors (Lipinski definition) is 4. The van der Waals surface area contributed by atoms with E-state index in [2.05, 4.69) is 34.3 Å². The first-order valence-electron chi connectivity index (χ1n) is 14.2. The van der Waals surface area contributed by atoms with Crippen molar-refractivity contribution in [1.82, 2.24) is 0 Å². The molecule has 4 saturated heterocycles. The maximum Gasteiger partial charge on any atom is 0.0781 e. The Morgan fingerprint density at radius 3 is 0.529 bits per heavy atom. The van der Waals surface area contributed by atoms with E-state index in [1.165, 1.54) is 116 Å². The van der Waals surface area contributed by atoms with Gasteiger partial charge < -0.3 is 18.9 Å². The van der Waals surface area contributed by atoms with Crippen molar-refractivity contribution in [2.75, 3.05) is 46.2 Å². The molecule has 4 aliphatic heterocycles. The first-order chi connectivity index (χ1) is 16.4. The van der Waals surface area contributed by atoms with Gasteiger partial charge in [0.1, 0.15) is 0 Å². The monoisotopic (exact) mass is 486 g/mol. The largest absolute Gasteiger partial charge is 0.377 e. The van der Waals surface area contributed by atoms with Gasteiger partial charge >= 0.3 is 0 Å². The van der Waals surface area contributed by atoms with Crippen LogP contribution in [0.4, 0.5) is 0 Å². The summed E-state index contributed by atoms with van der Waals surface area (Å²) >= 11 is 0. The van der Waals surface area contributed by atoms with Crippen LogP contribution in [0.5, 0.6) is 0 Å². The molecule has 0 aromatic rings. The molecule has 8 rings (SSSR count). The minimum atomic E-state index is 0. The Bertz CT molecular complexity index is 245. The molecule has 4 aliphatic carbocycles. The van der Waals surface area contributed by atoms with E-state index in [9.17, 15) is 0 Å². The molecule has 0 aromatic heterocycles. The van der Waals surface area contributed by atoms with E-state index >= 15 is 0 Å². The minimum Gasteiger partial charge on any atom is -0.377 e. The molecule has 4 heterocycles. The van der Waals surface area contributed by atoms with Crippen molar-refractivity contribution in [3.05, 3.63) is 13.2 Å². The first kappa shape index (κ1) is 35.7. The zero-order valence-corrected chi connectivity index (χ0v) is 22.3. The van der Waals surface area contributed by atoms with Crippen LogP contribution in [0.25, 0.3) is 0 Å². The van der Waals surface area contributed by atoms with E-state index in [-0.39, 0.29) is 7.43 Å². The molecule has 4 heteroatoms. The second-order valence-corrected chi connectivity index (χ2v) is 9.35. The summed E-state index contributed by atoms with van der Waals surface area (Å²) in [6.45, 7) is 15.0. The highest BCUT2D eigenvalue weighted by atomic mass is 16.6. The van der Waals surface area contributed by atoms with Crippen LogP contribution in [0.1, 0.15) is 130 Å². The van der Waals surface area contributed by atoms with E-state index in [0.29, 0.717) is 6.10 Å². The van der Waals surface area contributed by atoms with Crippen molar-refractivity contribution < 1.29 is 18.9 Å². The lowest BCUT2D eigenvalue weighted by molar-refractivity contribution is 0.423. The highest BCUT2D eigenvalue weighted by Gasteiger charge is 2.13. The molecule has 0 N–H and O–H groups in total. The molecular formula is C30H62O4. The summed E-state index contributed by atoms with van der Waals surface area (Å²) in [4.78, 5) is 0. The van der Waals surface area contributed by atoms with Crippen LogP contribution in [-0.2, 0) is 18.9 Å². The van der Waals surface area contributed by atoms with Crippen molar-refractivity contribution in [3.63, 3.8) is 0 Å². The Labute approximate surface area is 214 Å². The predicted octanol–water partition coefficient (Wildman–Crippen LogP) is 8.92. The van der Waals surface area contributed by atoms with Crippen LogP contribution in [0.2, 0.25) is 0 Å². The smallest absolute Gasteiger partial charge is 0.0781 e. The third-order valence-corrected chi connectivity index (χ3v) is 4.82. The van der Waals surface area contributed by atoms with Gasteiger partial charge in [-0.05, 0) is 6.92 Å². The van der Waals surface area contributed by atoms with Gasteiger partial charge in [-0.25, -0.2) is 0 Å². The van der Waals surface area contributed by atoms with Gasteiger partial charge in [0.15, 0.2) is 0 Å². The van der Waals surface area contributed by atoms with Gasteiger partial charge in [0.2, 0.25) is 0 Å². The summed E-state index contributed by atoms with van der Waals surface area (Å²) in [6, 6.07) is 0. The van der Waals surface area contributed by atoms with Crippen LogP contribution in [-0.4, -0.2) is 52.4 Å². The Morgan fingerprint density at radius 1 is 0.412 bits per heavy atom. The molecule has 1 atom stereocenters. The minimum absolute atomic E-state index is 0. The summed E-state index contributed by atoms with van der Waals surface area (Å²) < 4.78 is 18.2. The van der Waals surface area contributed by atoms with Crippen molar-refractivity contribution in [3.8, 4) is 0 Å². The molecule has 0 bridgehead atoms. The molecule has 4 saturated carbocycles. The van der Waals surface area contributed by atoms with Crippen molar-refractivity contribution in [1.29, 1.82) is 0 Å². The van der Waals surface area contributed by atoms with Crippen LogP contribution in [0.15, 0.2) is 13.2 Å². The van der Waals surface area contributed by atoms with Gasteiger partial charge in [-0.1, -0.05) is 123 Å². The van der Waals surface area contributed by atoms with E-state index in [1.54, 1.807) is 0 Å². The number of epoxide rings is 4. The second-order valence-electron chi connectivity index (χ2n) is 9.35. The van der Waals surface area contributed by atoms with Crippen molar-refractivity contribution >= 4 is 0 Å². The standard InChI is InChI=1S/2C6H12.C3H6O.2C3H6.3C2H4O.C2H4.CH4/c2*1-2-4-6-5-3-1;1-3-2-4-3;5*1-2-3-1;1-2;/h2*1-6H2;3H,2H2,1H3;2*1-3H2;3*1-2H2;1-2H2;1H4. The van der Waals surface area contributed by atoms with Gasteiger partial charge in [0.05, 0.1) is 52.4 Å². The molecule has 0 radical (unpaired) electrons. The molecule has 8 aliphatic rings. The molecule has 0 aromatic carbocycles. The summed E-state index contributed by atoms with van der Waals surface area (Å²) in [7, 11) is 0. The summed E-state index contributed by atoms with van der Waals surface area (Å²) in [6.07, 6.45) is 27.6. The second kappa shape index (κ2) is 32.6. The maximum absolute atomic E-state index is 4.71. The zero-order chi connectivity index (χ0) is 24.1. The number of hydrogen-bond donors (Lipinski definition) is 0. The SMILES string of the molecule is C.C1CC1.C1CC1.C1CCCCC1.C1CCCCC1.C1CO1.C1CO1.C1CO1.C=C.CC1CO1. The normalized spacial score (nSPS) is 23.9. The highest BCUT2D eigenvalue weighted by Crippen LogP contribution is 2.16. The lowest BCUT2D eigenvalue weighted by Crippen LogP contribution is -1.85. The molecular weight excluding hydrogens is 424 g/mol. The maximum atomic E-state index is 4.71. The third kappa shape index (κ3) is 77.0. The molecule has 0 amide bonds. The molecule has 1 unspecified atom stereocenters. The topological polar surface area (TPSA) is 50.1 Å². The highest BCUT2D eigenvalue weighted by molar-refractivity contribution is 4.58. The Hall–Kier alpha value is -0.420. The van der Waals surface area contributed by atoms with Crippen LogP contribution in [0, 0.1) is 0 Å². The Balaban J connectivity index is 0. The summed E-state index contributed by atoms with van der Waals surface area (Å²) in [5.41, 5.74) is 0. The Kier molecular flexibility index (Phi) is 34.2. The summed E-state index contributed by atoms with van der Waals surface area (Å²) in [5, 5.41) is 0. The fraction of sp³-hybridized carbons (Fsp3) is 0.933. The third-order valence-electron chi connectivity index (χ3n) is 4.82. The van der Waals surface area contributed by atoms with Crippen LogP contribution in [0.3, 0.4) is 0 Å². The van der Waals surface area contributed by atoms with Crippen LogP contribution < -0.4 is 0 Å². The lowest BCUT2D eigenvalue weighted by atomic mass is 10.0. The molecule has 8 fully saturated rings. The van der Waals surface area contributed by atoms with Gasteiger partial charge in [0, 0.05) is 0 Å². The van der Waals surface area contributed by atoms with E-state index in [1.807, 2.05) is 0 Å². The predicted molar refractivity (Wildman–Crippen MR) is 149 cm³/mol. The van der Waals surface area contributed by atoms with Crippen molar-refractivity contribution in [2.45, 2.75) is 136 Å². The van der Waals surface area contributed by atoms with E-state index in [4.69, 9.17) is 4.74 Å². The first-order valence-corrected chi connectivity index (χ1v) is 14.2. The van der Waals surface area contributed by atoms with Gasteiger partial charge in [0.25, 0.3) is 0 Å². The molecule has 4 nitrogen and oxygen atoms in total. The quantitative estimate of drug-likeness (QED) is 0.253. The summed E-state index contributed by atoms with van der Waals surface area (Å²) in [5.74, 6) is 0. The average Bonchev–Trinajstić information content (AvgIpc) is 3.76. The van der Waals surface area contributed by atoms with E-state index < -0.39 is 0 Å². The molecule has 0 spiro atoms. The molecule has 206 valence electrons. The molecule has 34 heavy (non-hydrogen) atoms. The van der Waals surface area contributed by atoms with Gasteiger partial charge in [-0.2, -0.15) is 0 Å². The lowest BCUT2D eigenvalue weighted by Gasteiger charge is -2.05. The van der Waals surface area contributed by atoms with Crippen LogP contribution >= 0.6 is 0 Å². The Morgan fingerprint density at radius 2 is 0.500 bits per heavy atom. The zero-order valence-electron chi connectivity index (χ0n) is 22.3. The fourth-order valence-corrected chi connectivity index (χ4v) is 2.22. The van der Waals surface area contributed by atoms with Crippen molar-refractivity contribution in [2.24, 2.45) is 0 Å². The van der Waals surface area contributed by atoms with Gasteiger partial charge in [-0.15, -0.1) is 13.2 Å².